The number of sulfonamides is 3. The summed E-state index contributed by atoms with van der Waals surface area (Å²) in [6.45, 7) is 6.78. The zero-order chi connectivity index (χ0) is 73.0. The largest absolute Gasteiger partial charge is 0.495 e. The summed E-state index contributed by atoms with van der Waals surface area (Å²) in [5.41, 5.74) is 5.93. The zero-order valence-electron chi connectivity index (χ0n) is 55.2. The number of methoxy groups -OCH3 is 1. The lowest BCUT2D eigenvalue weighted by atomic mass is 9.99. The lowest BCUT2D eigenvalue weighted by Gasteiger charge is -2.35. The van der Waals surface area contributed by atoms with E-state index in [1.807, 2.05) is 48.0 Å². The molecule has 103 heavy (non-hydrogen) atoms. The predicted octanol–water partition coefficient (Wildman–Crippen LogP) is 12.7. The van der Waals surface area contributed by atoms with Crippen molar-refractivity contribution in [2.45, 2.75) is 110 Å². The van der Waals surface area contributed by atoms with E-state index in [0.717, 1.165) is 61.3 Å². The maximum atomic E-state index is 13.6. The summed E-state index contributed by atoms with van der Waals surface area (Å²) >= 11 is 15.0. The molecule has 3 atom stereocenters. The molecule has 37 heteroatoms. The molecular formula is C66H83Cl2F3N14O12S6. The molecule has 8 aromatic rings. The maximum Gasteiger partial charge on any atom is 0.452 e. The Morgan fingerprint density at radius 3 is 1.52 bits per heavy atom. The Labute approximate surface area is 624 Å². The molecule has 4 N–H and O–H groups in total. The third-order valence-electron chi connectivity index (χ3n) is 18.1. The average Bonchev–Trinajstić information content (AvgIpc) is 1.82. The Bertz CT molecular complexity index is 4790. The summed E-state index contributed by atoms with van der Waals surface area (Å²) in [6, 6.07) is 27.0. The molecule has 0 saturated carbocycles. The first-order chi connectivity index (χ1) is 49.3. The van der Waals surface area contributed by atoms with E-state index >= 15 is 0 Å². The Morgan fingerprint density at radius 2 is 1.05 bits per heavy atom. The zero-order valence-corrected chi connectivity index (χ0v) is 61.6. The number of carbonyl (C=O) groups excluding carboxylic acids is 4. The highest BCUT2D eigenvalue weighted by atomic mass is 35.5. The molecule has 9 heterocycles. The van der Waals surface area contributed by atoms with E-state index in [-0.39, 0.29) is 71.8 Å². The van der Waals surface area contributed by atoms with Crippen LogP contribution in [0.4, 0.5) is 61.8 Å². The molecule has 0 bridgehead atoms. The van der Waals surface area contributed by atoms with Crippen molar-refractivity contribution < 1.29 is 77.1 Å². The fourth-order valence-corrected chi connectivity index (χ4v) is 19.0. The van der Waals surface area contributed by atoms with Crippen LogP contribution in [0.2, 0.25) is 10.0 Å². The van der Waals surface area contributed by atoms with Crippen LogP contribution in [-0.2, 0) is 68.2 Å². The number of fused-ring (bicyclic) bond motifs is 2. The van der Waals surface area contributed by atoms with Crippen LogP contribution < -0.4 is 48.7 Å². The Hall–Kier alpha value is -8.42. The lowest BCUT2D eigenvalue weighted by molar-refractivity contribution is -0.144. The second-order valence-corrected chi connectivity index (χ2v) is 32.9. The Balaban J connectivity index is 0.000000287. The number of benzene rings is 5. The molecule has 26 nitrogen and oxygen atoms in total. The third kappa shape index (κ3) is 17.0. The van der Waals surface area contributed by atoms with Crippen molar-refractivity contribution in [3.05, 3.63) is 153 Å². The minimum atomic E-state index is -4.77. The fraction of sp³-hybridized carbons (Fsp3) is 0.364. The van der Waals surface area contributed by atoms with Gasteiger partial charge in [0.2, 0.25) is 28.7 Å². The standard InChI is InChI=1S/C23H23ClN4O4S2.C22H19ClF3N5O3S2.C21H27N5O5S2.7H2/c1-32-21-7-5-17(34(30,31)26-23-25-9-12-33-23)14-20(21)28-11-8-19(22(28)29)27-10-2-3-15-13-16(24)4-6-18(15)27;23-14-3-8-17-13(12-14)2-1-10-31(17)18-9-11-30(19(18)32)15-4-6-16(7-5-15)36(33,34)29-21-27-20(28-35-21)22(24,25)26;1-2-22-21(28)31-16-7-11-25(12-8-16)18-9-13-26(19(18)27)15-3-5-17(6-4-15)33(29,30)24-20-23-10-14-32-20;;;;;;;/h4-7,9,12-14,19H,2-3,8,10-11H2,1H3,(H,25,26);3-8,12,18H,1-2,9-11H2,(H,27,28,29);3-6,10,14,16,18H,2,7-9,11-13H2,1H3,(H,22,28)(H,23,24);7*1H/t19-;2*18-;;;;;;;/m000......./s1. The van der Waals surface area contributed by atoms with Crippen LogP contribution in [0.15, 0.2) is 141 Å². The summed E-state index contributed by atoms with van der Waals surface area (Å²) in [7, 11) is -10.3. The monoisotopic (exact) mass is 1580 g/mol. The van der Waals surface area contributed by atoms with Gasteiger partial charge in [-0.05, 0) is 179 Å². The van der Waals surface area contributed by atoms with Gasteiger partial charge < -0.3 is 39.3 Å². The van der Waals surface area contributed by atoms with E-state index in [0.29, 0.717) is 121 Å². The SMILES string of the molecule is CCNC(=O)OC1CCN([C@H]2CCN(c3ccc(S(=O)(=O)Nc4nccs4)cc3)C2=O)CC1.COc1ccc(S(=O)(=O)Nc2nccs2)cc1N1CC[C@H](N2CCCc3cc(Cl)ccc32)C1=O.O=C1[C@@H](N2CCCc3cc(Cl)ccc32)CCN1c1ccc(S(=O)(=O)Nc2nc(C(F)(F)F)ns2)cc1.[HH].[HH].[HH].[HH].[HH].[HH].[HH]. The van der Waals surface area contributed by atoms with Gasteiger partial charge in [0.05, 0.1) is 33.5 Å². The number of thiazole rings is 2. The van der Waals surface area contributed by atoms with E-state index in [1.165, 1.54) is 90.7 Å². The second kappa shape index (κ2) is 31.5. The molecule has 0 aliphatic carbocycles. The normalized spacial score (nSPS) is 18.9. The highest BCUT2D eigenvalue weighted by molar-refractivity contribution is 7.93. The molecular weight excluding hydrogens is 1500 g/mol. The number of alkyl halides is 3. The predicted molar refractivity (Wildman–Crippen MR) is 404 cm³/mol. The topological polar surface area (TPSA) is 308 Å². The van der Waals surface area contributed by atoms with Gasteiger partial charge >= 0.3 is 12.3 Å². The molecule has 0 spiro atoms. The first kappa shape index (κ1) is 74.3. The molecule has 560 valence electrons. The summed E-state index contributed by atoms with van der Waals surface area (Å²) in [4.78, 5) is 74.0. The molecule has 6 aliphatic rings. The molecule has 4 amide bonds. The molecule has 0 unspecified atom stereocenters. The van der Waals surface area contributed by atoms with E-state index in [1.54, 1.807) is 43.7 Å². The van der Waals surface area contributed by atoms with Gasteiger partial charge in [0, 0.05) is 130 Å². The van der Waals surface area contributed by atoms with Crippen molar-refractivity contribution in [3.8, 4) is 5.75 Å². The molecule has 3 aromatic heterocycles. The number of halogens is 5. The number of amides is 4. The molecule has 5 aromatic carbocycles. The van der Waals surface area contributed by atoms with Crippen LogP contribution in [0.5, 0.6) is 5.75 Å². The number of hydrogen-bond donors (Lipinski definition) is 4. The van der Waals surface area contributed by atoms with Crippen molar-refractivity contribution in [3.63, 3.8) is 0 Å². The van der Waals surface area contributed by atoms with Gasteiger partial charge in [0.25, 0.3) is 30.1 Å². The first-order valence-electron chi connectivity index (χ1n) is 32.7. The van der Waals surface area contributed by atoms with Gasteiger partial charge in [0.1, 0.15) is 23.9 Å². The summed E-state index contributed by atoms with van der Waals surface area (Å²) in [6.07, 6.45) is 4.76. The minimum absolute atomic E-state index is 0. The van der Waals surface area contributed by atoms with Gasteiger partial charge in [-0.25, -0.2) is 40.0 Å². The van der Waals surface area contributed by atoms with Gasteiger partial charge in [0.15, 0.2) is 10.3 Å². The Morgan fingerprint density at radius 1 is 0.583 bits per heavy atom. The smallest absolute Gasteiger partial charge is 0.452 e. The van der Waals surface area contributed by atoms with Crippen LogP contribution in [0.25, 0.3) is 0 Å². The number of carbonyl (C=O) groups is 4. The molecule has 6 aliphatic heterocycles. The number of aromatic nitrogens is 4. The van der Waals surface area contributed by atoms with Crippen molar-refractivity contribution >= 4 is 155 Å². The number of ether oxygens (including phenoxy) is 2. The molecule has 4 saturated heterocycles. The van der Waals surface area contributed by atoms with Crippen LogP contribution in [0.1, 0.15) is 78.8 Å². The van der Waals surface area contributed by atoms with E-state index < -0.39 is 53.3 Å². The van der Waals surface area contributed by atoms with Crippen molar-refractivity contribution in [2.24, 2.45) is 0 Å². The lowest BCUT2D eigenvalue weighted by Crippen LogP contribution is -2.47. The van der Waals surface area contributed by atoms with Crippen LogP contribution >= 0.6 is 57.4 Å². The number of hydrogen-bond acceptors (Lipinski definition) is 22. The number of aryl methyl sites for hydroxylation is 2. The van der Waals surface area contributed by atoms with E-state index in [4.69, 9.17) is 32.7 Å². The summed E-state index contributed by atoms with van der Waals surface area (Å²) in [5.74, 6) is -1.13. The van der Waals surface area contributed by atoms with Gasteiger partial charge in [-0.15, -0.1) is 22.7 Å². The average molecular weight is 1580 g/mol. The van der Waals surface area contributed by atoms with E-state index in [2.05, 4.69) is 48.8 Å². The number of anilines is 8. The molecule has 0 radical (unpaired) electrons. The maximum absolute atomic E-state index is 13.6. The minimum Gasteiger partial charge on any atom is -0.495 e. The summed E-state index contributed by atoms with van der Waals surface area (Å²) in [5, 5.41) is 7.44. The number of alkyl carbamates (subject to hydrolysis) is 1. The number of rotatable bonds is 18. The number of nitrogens with one attached hydrogen (secondary N) is 4. The molecule has 4 fully saturated rings. The molecule has 14 rings (SSSR count). The highest BCUT2D eigenvalue weighted by Crippen LogP contribution is 2.41. The quantitative estimate of drug-likeness (QED) is 0.0620. The first-order valence-corrected chi connectivity index (χ1v) is 40.4. The number of nitrogens with zero attached hydrogens (tertiary/aromatic N) is 10. The fourth-order valence-electron chi connectivity index (χ4n) is 13.3. The Kier molecular flexibility index (Phi) is 22.7. The van der Waals surface area contributed by atoms with Crippen LogP contribution in [0.3, 0.4) is 0 Å². The van der Waals surface area contributed by atoms with Crippen molar-refractivity contribution in [1.82, 2.24) is 29.5 Å². The summed E-state index contributed by atoms with van der Waals surface area (Å²) < 4.78 is 135. The van der Waals surface area contributed by atoms with Gasteiger partial charge in [-0.1, -0.05) is 23.2 Å². The van der Waals surface area contributed by atoms with Crippen LogP contribution in [-0.4, -0.2) is 157 Å². The highest BCUT2D eigenvalue weighted by Gasteiger charge is 2.43. The van der Waals surface area contributed by atoms with Gasteiger partial charge in [-0.2, -0.15) is 22.5 Å². The van der Waals surface area contributed by atoms with Gasteiger partial charge in [-0.3, -0.25) is 33.4 Å². The van der Waals surface area contributed by atoms with Crippen molar-refractivity contribution in [2.75, 3.05) is 98.1 Å². The van der Waals surface area contributed by atoms with Crippen LogP contribution in [0, 0.1) is 0 Å². The number of likely N-dealkylation sites (tertiary alicyclic amines) is 1. The van der Waals surface area contributed by atoms with Crippen molar-refractivity contribution in [1.29, 1.82) is 0 Å². The third-order valence-corrected chi connectivity index (χ3v) is 25.0. The number of piperidine rings is 1. The second-order valence-electron chi connectivity index (χ2n) is 24.4. The van der Waals surface area contributed by atoms with E-state index in [9.17, 15) is 57.6 Å².